The standard InChI is InChI=1S/C19H15N5O2S/c1-25-13-6-8-14(9-7-13)26-11-17-21-22-19-24(17)23-18(27-19)16-10-12-4-2-3-5-15(12)20-16/h2-10,20H,11H2,1H3. The number of nitrogens with one attached hydrogen (secondary N) is 1. The predicted molar refractivity (Wildman–Crippen MR) is 103 cm³/mol. The third kappa shape index (κ3) is 2.89. The van der Waals surface area contributed by atoms with E-state index in [1.165, 1.54) is 11.3 Å². The highest BCUT2D eigenvalue weighted by atomic mass is 32.1. The van der Waals surface area contributed by atoms with Crippen LogP contribution in [0, 0.1) is 0 Å². The van der Waals surface area contributed by atoms with E-state index >= 15 is 0 Å². The summed E-state index contributed by atoms with van der Waals surface area (Å²) in [6.45, 7) is 0.281. The number of methoxy groups -OCH3 is 1. The van der Waals surface area contributed by atoms with Gasteiger partial charge in [-0.25, -0.2) is 0 Å². The van der Waals surface area contributed by atoms with Crippen LogP contribution in [0.1, 0.15) is 5.82 Å². The molecule has 5 rings (SSSR count). The van der Waals surface area contributed by atoms with Gasteiger partial charge in [-0.2, -0.15) is 9.61 Å². The number of hydrogen-bond acceptors (Lipinski definition) is 6. The molecular formula is C19H15N5O2S. The van der Waals surface area contributed by atoms with Crippen molar-refractivity contribution in [2.45, 2.75) is 6.61 Å². The van der Waals surface area contributed by atoms with Crippen LogP contribution in [-0.2, 0) is 6.61 Å². The van der Waals surface area contributed by atoms with E-state index in [1.807, 2.05) is 42.5 Å². The van der Waals surface area contributed by atoms with Crippen LogP contribution in [0.5, 0.6) is 11.5 Å². The summed E-state index contributed by atoms with van der Waals surface area (Å²) in [5.74, 6) is 2.17. The summed E-state index contributed by atoms with van der Waals surface area (Å²) in [6.07, 6.45) is 0. The Morgan fingerprint density at radius 1 is 1.04 bits per heavy atom. The molecule has 5 aromatic rings. The lowest BCUT2D eigenvalue weighted by Gasteiger charge is -2.05. The zero-order valence-electron chi connectivity index (χ0n) is 14.4. The summed E-state index contributed by atoms with van der Waals surface area (Å²) >= 11 is 1.49. The van der Waals surface area contributed by atoms with Crippen LogP contribution in [0.25, 0.3) is 26.6 Å². The van der Waals surface area contributed by atoms with Crippen LogP contribution >= 0.6 is 11.3 Å². The fraction of sp³-hybridized carbons (Fsp3) is 0.105. The molecule has 0 aliphatic carbocycles. The molecule has 134 valence electrons. The third-order valence-corrected chi connectivity index (χ3v) is 5.18. The van der Waals surface area contributed by atoms with Gasteiger partial charge >= 0.3 is 0 Å². The summed E-state index contributed by atoms with van der Waals surface area (Å²) in [7, 11) is 1.63. The minimum Gasteiger partial charge on any atom is -0.497 e. The second-order valence-electron chi connectivity index (χ2n) is 5.95. The average Bonchev–Trinajstić information content (AvgIpc) is 3.40. The van der Waals surface area contributed by atoms with Gasteiger partial charge in [-0.3, -0.25) is 0 Å². The zero-order chi connectivity index (χ0) is 18.2. The van der Waals surface area contributed by atoms with Crippen LogP contribution in [0.15, 0.2) is 54.6 Å². The molecule has 0 unspecified atom stereocenters. The highest BCUT2D eigenvalue weighted by Gasteiger charge is 2.15. The first kappa shape index (κ1) is 15.8. The molecule has 3 aromatic heterocycles. The molecule has 0 fully saturated rings. The summed E-state index contributed by atoms with van der Waals surface area (Å²) in [4.78, 5) is 4.13. The second-order valence-corrected chi connectivity index (χ2v) is 6.91. The average molecular weight is 377 g/mol. The fourth-order valence-corrected chi connectivity index (χ4v) is 3.69. The summed E-state index contributed by atoms with van der Waals surface area (Å²) in [6, 6.07) is 17.7. The molecule has 0 aliphatic rings. The first-order valence-electron chi connectivity index (χ1n) is 8.36. The number of ether oxygens (including phenoxy) is 2. The minimum absolute atomic E-state index is 0.281. The maximum Gasteiger partial charge on any atom is 0.235 e. The maximum absolute atomic E-state index is 5.80. The van der Waals surface area contributed by atoms with Gasteiger partial charge in [0.25, 0.3) is 0 Å². The molecule has 2 aromatic carbocycles. The van der Waals surface area contributed by atoms with Crippen LogP contribution in [-0.4, -0.2) is 31.9 Å². The first-order chi connectivity index (χ1) is 13.3. The molecule has 0 bridgehead atoms. The Bertz CT molecular complexity index is 1190. The van der Waals surface area contributed by atoms with E-state index in [0.717, 1.165) is 38.1 Å². The van der Waals surface area contributed by atoms with Crippen LogP contribution in [0.3, 0.4) is 0 Å². The molecule has 0 spiro atoms. The van der Waals surface area contributed by atoms with E-state index in [1.54, 1.807) is 11.6 Å². The Morgan fingerprint density at radius 3 is 2.67 bits per heavy atom. The van der Waals surface area contributed by atoms with Gasteiger partial charge in [-0.05, 0) is 36.4 Å². The molecule has 0 atom stereocenters. The molecule has 0 radical (unpaired) electrons. The van der Waals surface area contributed by atoms with Gasteiger partial charge in [0.05, 0.1) is 12.8 Å². The summed E-state index contributed by atoms with van der Waals surface area (Å²) in [5.41, 5.74) is 2.05. The largest absolute Gasteiger partial charge is 0.497 e. The summed E-state index contributed by atoms with van der Waals surface area (Å²) < 4.78 is 12.7. The minimum atomic E-state index is 0.281. The molecule has 0 saturated heterocycles. The fourth-order valence-electron chi connectivity index (χ4n) is 2.86. The number of nitrogens with zero attached hydrogens (tertiary/aromatic N) is 4. The van der Waals surface area contributed by atoms with E-state index in [0.29, 0.717) is 5.82 Å². The summed E-state index contributed by atoms with van der Waals surface area (Å²) in [5, 5.41) is 15.1. The number of hydrogen-bond donors (Lipinski definition) is 1. The Labute approximate surface area is 158 Å². The molecule has 27 heavy (non-hydrogen) atoms. The number of H-pyrrole nitrogens is 1. The number of aromatic amines is 1. The van der Waals surface area contributed by atoms with Crippen molar-refractivity contribution >= 4 is 27.2 Å². The maximum atomic E-state index is 5.80. The number of para-hydroxylation sites is 1. The molecule has 8 heteroatoms. The molecule has 3 heterocycles. The highest BCUT2D eigenvalue weighted by molar-refractivity contribution is 7.19. The Kier molecular flexibility index (Phi) is 3.75. The van der Waals surface area contributed by atoms with Crippen molar-refractivity contribution < 1.29 is 9.47 Å². The SMILES string of the molecule is COc1ccc(OCc2nnc3sc(-c4cc5ccccc5[nH]4)nn23)cc1. The van der Waals surface area contributed by atoms with Gasteiger partial charge < -0.3 is 14.5 Å². The van der Waals surface area contributed by atoms with Crippen LogP contribution < -0.4 is 9.47 Å². The van der Waals surface area contributed by atoms with Crippen molar-refractivity contribution in [2.75, 3.05) is 7.11 Å². The lowest BCUT2D eigenvalue weighted by Crippen LogP contribution is -2.02. The normalized spacial score (nSPS) is 11.3. The number of fused-ring (bicyclic) bond motifs is 2. The molecule has 7 nitrogen and oxygen atoms in total. The van der Waals surface area contributed by atoms with E-state index < -0.39 is 0 Å². The van der Waals surface area contributed by atoms with Crippen LogP contribution in [0.2, 0.25) is 0 Å². The second kappa shape index (κ2) is 6.40. The molecule has 1 N–H and O–H groups in total. The topological polar surface area (TPSA) is 77.3 Å². The van der Waals surface area contributed by atoms with Crippen molar-refractivity contribution in [3.05, 3.63) is 60.4 Å². The first-order valence-corrected chi connectivity index (χ1v) is 9.18. The zero-order valence-corrected chi connectivity index (χ0v) is 15.2. The molecular weight excluding hydrogens is 362 g/mol. The van der Waals surface area contributed by atoms with E-state index in [9.17, 15) is 0 Å². The lowest BCUT2D eigenvalue weighted by atomic mass is 10.2. The van der Waals surface area contributed by atoms with Crippen molar-refractivity contribution in [3.63, 3.8) is 0 Å². The van der Waals surface area contributed by atoms with Crippen LogP contribution in [0.4, 0.5) is 0 Å². The Hall–Kier alpha value is -3.39. The van der Waals surface area contributed by atoms with Gasteiger partial charge in [0.15, 0.2) is 10.8 Å². The Morgan fingerprint density at radius 2 is 1.85 bits per heavy atom. The van der Waals surface area contributed by atoms with Gasteiger partial charge in [-0.1, -0.05) is 29.5 Å². The number of aromatic nitrogens is 5. The molecule has 0 amide bonds. The quantitative estimate of drug-likeness (QED) is 0.502. The van der Waals surface area contributed by atoms with E-state index in [2.05, 4.69) is 32.4 Å². The lowest BCUT2D eigenvalue weighted by molar-refractivity contribution is 0.292. The van der Waals surface area contributed by atoms with Crippen molar-refractivity contribution in [2.24, 2.45) is 0 Å². The smallest absolute Gasteiger partial charge is 0.235 e. The predicted octanol–water partition coefficient (Wildman–Crippen LogP) is 3.92. The number of benzene rings is 2. The monoisotopic (exact) mass is 377 g/mol. The van der Waals surface area contributed by atoms with Gasteiger partial charge in [0.2, 0.25) is 4.96 Å². The van der Waals surface area contributed by atoms with Crippen molar-refractivity contribution in [1.82, 2.24) is 24.8 Å². The van der Waals surface area contributed by atoms with Gasteiger partial charge in [0.1, 0.15) is 18.1 Å². The Balaban J connectivity index is 1.41. The molecule has 0 saturated carbocycles. The van der Waals surface area contributed by atoms with Gasteiger partial charge in [0, 0.05) is 10.9 Å². The van der Waals surface area contributed by atoms with Crippen molar-refractivity contribution in [3.8, 4) is 22.2 Å². The van der Waals surface area contributed by atoms with Gasteiger partial charge in [-0.15, -0.1) is 10.2 Å². The van der Waals surface area contributed by atoms with E-state index in [-0.39, 0.29) is 6.61 Å². The number of rotatable bonds is 5. The third-order valence-electron chi connectivity index (χ3n) is 4.24. The van der Waals surface area contributed by atoms with Crippen molar-refractivity contribution in [1.29, 1.82) is 0 Å². The highest BCUT2D eigenvalue weighted by Crippen LogP contribution is 2.28. The van der Waals surface area contributed by atoms with E-state index in [4.69, 9.17) is 9.47 Å². The molecule has 0 aliphatic heterocycles.